The number of benzene rings is 2. The van der Waals surface area contributed by atoms with Gasteiger partial charge in [-0.2, -0.15) is 5.10 Å². The highest BCUT2D eigenvalue weighted by Crippen LogP contribution is 2.24. The molecule has 1 heterocycles. The molecule has 3 aromatic rings. The molecular weight excluding hydrogens is 310 g/mol. The molecule has 6 heteroatoms. The maximum atomic E-state index is 12.7. The topological polar surface area (TPSA) is 64.0 Å². The summed E-state index contributed by atoms with van der Waals surface area (Å²) in [6.45, 7) is 3.46. The molecule has 0 spiro atoms. The van der Waals surface area contributed by atoms with E-state index in [0.29, 0.717) is 17.1 Å². The van der Waals surface area contributed by atoms with Crippen LogP contribution in [0.4, 0.5) is 5.69 Å². The van der Waals surface area contributed by atoms with Crippen molar-refractivity contribution >= 4 is 15.7 Å². The molecule has 0 bridgehead atoms. The van der Waals surface area contributed by atoms with E-state index in [9.17, 15) is 8.42 Å². The number of aryl methyl sites for hydroxylation is 1. The molecule has 23 heavy (non-hydrogen) atoms. The third-order valence-electron chi connectivity index (χ3n) is 3.52. The van der Waals surface area contributed by atoms with Crippen molar-refractivity contribution in [3.05, 3.63) is 72.1 Å². The van der Waals surface area contributed by atoms with Gasteiger partial charge in [-0.05, 0) is 38.1 Å². The summed E-state index contributed by atoms with van der Waals surface area (Å²) in [7, 11) is -3.70. The molecule has 0 amide bonds. The summed E-state index contributed by atoms with van der Waals surface area (Å²) in [4.78, 5) is 0.213. The maximum absolute atomic E-state index is 12.7. The lowest BCUT2D eigenvalue weighted by Gasteiger charge is -2.09. The van der Waals surface area contributed by atoms with Gasteiger partial charge in [-0.25, -0.2) is 13.1 Å². The lowest BCUT2D eigenvalue weighted by atomic mass is 10.3. The summed E-state index contributed by atoms with van der Waals surface area (Å²) in [6, 6.07) is 18.3. The van der Waals surface area contributed by atoms with Gasteiger partial charge in [0.1, 0.15) is 4.90 Å². The second-order valence-electron chi connectivity index (χ2n) is 5.22. The van der Waals surface area contributed by atoms with Crippen LogP contribution in [0.5, 0.6) is 0 Å². The van der Waals surface area contributed by atoms with Crippen LogP contribution in [0.25, 0.3) is 5.69 Å². The van der Waals surface area contributed by atoms with Gasteiger partial charge in [-0.3, -0.25) is 4.72 Å². The number of hydrogen-bond donors (Lipinski definition) is 1. The Morgan fingerprint density at radius 2 is 1.48 bits per heavy atom. The largest absolute Gasteiger partial charge is 0.280 e. The molecule has 1 N–H and O–H groups in total. The summed E-state index contributed by atoms with van der Waals surface area (Å²) in [5.74, 6) is 0. The average Bonchev–Trinajstić information content (AvgIpc) is 2.84. The van der Waals surface area contributed by atoms with Gasteiger partial charge >= 0.3 is 0 Å². The van der Waals surface area contributed by atoms with E-state index in [4.69, 9.17) is 0 Å². The Morgan fingerprint density at radius 1 is 0.913 bits per heavy atom. The molecule has 0 unspecified atom stereocenters. The molecule has 3 rings (SSSR count). The fourth-order valence-corrected chi connectivity index (χ4v) is 4.00. The standard InChI is InChI=1S/C17H17N3O2S/c1-13-17(23(21,22)19-15-9-5-3-6-10-15)14(2)20(18-13)16-11-7-4-8-12-16/h3-12,19H,1-2H3. The van der Waals surface area contributed by atoms with E-state index in [0.717, 1.165) is 5.69 Å². The number of hydrogen-bond acceptors (Lipinski definition) is 3. The monoisotopic (exact) mass is 327 g/mol. The third-order valence-corrected chi connectivity index (χ3v) is 5.15. The van der Waals surface area contributed by atoms with Gasteiger partial charge in [0.05, 0.1) is 17.1 Å². The van der Waals surface area contributed by atoms with Crippen LogP contribution in [0.3, 0.4) is 0 Å². The Hall–Kier alpha value is -2.60. The molecule has 0 radical (unpaired) electrons. The van der Waals surface area contributed by atoms with E-state index in [1.54, 1.807) is 42.8 Å². The number of sulfonamides is 1. The van der Waals surface area contributed by atoms with Crippen molar-refractivity contribution in [3.8, 4) is 5.69 Å². The average molecular weight is 327 g/mol. The quantitative estimate of drug-likeness (QED) is 0.800. The van der Waals surface area contributed by atoms with Crippen molar-refractivity contribution in [1.29, 1.82) is 0 Å². The number of anilines is 1. The van der Waals surface area contributed by atoms with Crippen LogP contribution in [0.15, 0.2) is 65.6 Å². The summed E-state index contributed by atoms with van der Waals surface area (Å²) >= 11 is 0. The lowest BCUT2D eigenvalue weighted by molar-refractivity contribution is 0.600. The van der Waals surface area contributed by atoms with Gasteiger partial charge in [0, 0.05) is 5.69 Å². The predicted molar refractivity (Wildman–Crippen MR) is 90.3 cm³/mol. The molecule has 0 atom stereocenters. The molecule has 1 aromatic heterocycles. The number of nitrogens with zero attached hydrogens (tertiary/aromatic N) is 2. The van der Waals surface area contributed by atoms with Gasteiger partial charge in [0.25, 0.3) is 10.0 Å². The van der Waals surface area contributed by atoms with Gasteiger partial charge in [-0.15, -0.1) is 0 Å². The zero-order chi connectivity index (χ0) is 16.4. The molecule has 0 saturated heterocycles. The highest BCUT2D eigenvalue weighted by Gasteiger charge is 2.25. The molecule has 0 saturated carbocycles. The molecule has 0 aliphatic carbocycles. The van der Waals surface area contributed by atoms with Crippen molar-refractivity contribution in [2.45, 2.75) is 18.7 Å². The van der Waals surface area contributed by atoms with E-state index >= 15 is 0 Å². The molecule has 5 nitrogen and oxygen atoms in total. The van der Waals surface area contributed by atoms with E-state index in [-0.39, 0.29) is 4.90 Å². The second kappa shape index (κ2) is 5.89. The minimum Gasteiger partial charge on any atom is -0.280 e. The van der Waals surface area contributed by atoms with Crippen molar-refractivity contribution in [1.82, 2.24) is 9.78 Å². The van der Waals surface area contributed by atoms with Crippen molar-refractivity contribution in [3.63, 3.8) is 0 Å². The highest BCUT2D eigenvalue weighted by atomic mass is 32.2. The summed E-state index contributed by atoms with van der Waals surface area (Å²) < 4.78 is 29.7. The van der Waals surface area contributed by atoms with Crippen LogP contribution in [0, 0.1) is 13.8 Å². The molecule has 118 valence electrons. The molecule has 0 fully saturated rings. The normalized spacial score (nSPS) is 11.4. The first-order valence-electron chi connectivity index (χ1n) is 7.18. The fourth-order valence-electron chi connectivity index (χ4n) is 2.55. The summed E-state index contributed by atoms with van der Waals surface area (Å²) in [5.41, 5.74) is 2.40. The van der Waals surface area contributed by atoms with Crippen LogP contribution in [-0.2, 0) is 10.0 Å². The van der Waals surface area contributed by atoms with Gasteiger partial charge in [-0.1, -0.05) is 36.4 Å². The zero-order valence-corrected chi connectivity index (χ0v) is 13.7. The third kappa shape index (κ3) is 2.98. The smallest absolute Gasteiger partial charge is 0.265 e. The first-order chi connectivity index (χ1) is 11.0. The first-order valence-corrected chi connectivity index (χ1v) is 8.67. The van der Waals surface area contributed by atoms with Crippen molar-refractivity contribution in [2.75, 3.05) is 4.72 Å². The van der Waals surface area contributed by atoms with Gasteiger partial charge < -0.3 is 0 Å². The summed E-state index contributed by atoms with van der Waals surface area (Å²) in [6.07, 6.45) is 0. The van der Waals surface area contributed by atoms with Gasteiger partial charge in [0.15, 0.2) is 0 Å². The van der Waals surface area contributed by atoms with Crippen LogP contribution in [0.2, 0.25) is 0 Å². The van der Waals surface area contributed by atoms with Crippen LogP contribution < -0.4 is 4.72 Å². The van der Waals surface area contributed by atoms with Crippen molar-refractivity contribution in [2.24, 2.45) is 0 Å². The number of nitrogens with one attached hydrogen (secondary N) is 1. The van der Waals surface area contributed by atoms with E-state index in [1.807, 2.05) is 36.4 Å². The Labute approximate surface area is 135 Å². The van der Waals surface area contributed by atoms with Gasteiger partial charge in [0.2, 0.25) is 0 Å². The first kappa shape index (κ1) is 15.3. The molecule has 0 aliphatic rings. The highest BCUT2D eigenvalue weighted by molar-refractivity contribution is 7.92. The Kier molecular flexibility index (Phi) is 3.92. The minimum atomic E-state index is -3.70. The number of aromatic nitrogens is 2. The SMILES string of the molecule is Cc1nn(-c2ccccc2)c(C)c1S(=O)(=O)Nc1ccccc1. The minimum absolute atomic E-state index is 0.213. The van der Waals surface area contributed by atoms with E-state index in [1.165, 1.54) is 0 Å². The lowest BCUT2D eigenvalue weighted by Crippen LogP contribution is -2.14. The van der Waals surface area contributed by atoms with Crippen LogP contribution in [0.1, 0.15) is 11.4 Å². The van der Waals surface area contributed by atoms with E-state index in [2.05, 4.69) is 9.82 Å². The van der Waals surface area contributed by atoms with Crippen LogP contribution in [-0.4, -0.2) is 18.2 Å². The number of rotatable bonds is 4. The van der Waals surface area contributed by atoms with Crippen molar-refractivity contribution < 1.29 is 8.42 Å². The number of para-hydroxylation sites is 2. The molecular formula is C17H17N3O2S. The molecule has 0 aliphatic heterocycles. The fraction of sp³-hybridized carbons (Fsp3) is 0.118. The summed E-state index contributed by atoms with van der Waals surface area (Å²) in [5, 5.41) is 4.39. The Morgan fingerprint density at radius 3 is 2.09 bits per heavy atom. The van der Waals surface area contributed by atoms with Crippen LogP contribution >= 0.6 is 0 Å². The molecule has 2 aromatic carbocycles. The predicted octanol–water partition coefficient (Wildman–Crippen LogP) is 3.29. The maximum Gasteiger partial charge on any atom is 0.265 e. The van der Waals surface area contributed by atoms with E-state index < -0.39 is 10.0 Å². The Bertz CT molecular complexity index is 917. The second-order valence-corrected chi connectivity index (χ2v) is 6.84. The zero-order valence-electron chi connectivity index (χ0n) is 12.9. The Balaban J connectivity index is 2.05.